The van der Waals surface area contributed by atoms with Crippen LogP contribution in [-0.2, 0) is 0 Å². The van der Waals surface area contributed by atoms with E-state index < -0.39 is 0 Å². The lowest BCUT2D eigenvalue weighted by atomic mass is 10.1. The van der Waals surface area contributed by atoms with Crippen molar-refractivity contribution >= 4 is 11.6 Å². The highest BCUT2D eigenvalue weighted by atomic mass is 16.5. The number of methoxy groups -OCH3 is 2. The zero-order valence-corrected chi connectivity index (χ0v) is 15.2. The van der Waals surface area contributed by atoms with Crippen LogP contribution < -0.4 is 20.3 Å². The van der Waals surface area contributed by atoms with E-state index in [0.717, 1.165) is 0 Å². The van der Waals surface area contributed by atoms with Crippen molar-refractivity contribution in [2.45, 2.75) is 6.92 Å². The Morgan fingerprint density at radius 3 is 2.52 bits per heavy atom. The minimum atomic E-state index is -0.293. The van der Waals surface area contributed by atoms with E-state index in [1.807, 2.05) is 6.07 Å². The minimum absolute atomic E-state index is 0.225. The number of benzene rings is 2. The lowest BCUT2D eigenvalue weighted by Crippen LogP contribution is -2.12. The second-order valence-electron chi connectivity index (χ2n) is 5.84. The summed E-state index contributed by atoms with van der Waals surface area (Å²) < 4.78 is 10.4. The zero-order valence-electron chi connectivity index (χ0n) is 15.2. The van der Waals surface area contributed by atoms with Gasteiger partial charge in [-0.2, -0.15) is 0 Å². The predicted octanol–water partition coefficient (Wildman–Crippen LogP) is 3.01. The van der Waals surface area contributed by atoms with Crippen LogP contribution >= 0.6 is 0 Å². The second kappa shape index (κ2) is 7.74. The Hall–Kier alpha value is -3.61. The minimum Gasteiger partial charge on any atom is -0.493 e. The molecule has 0 atom stereocenters. The first kappa shape index (κ1) is 18.2. The standard InChI is InChI=1S/C20H19N3O4/c1-12-9-18(24)23-19(21-12)13-5-4-6-15(10-13)22-20(25)14-7-8-16(26-2)17(11-14)27-3/h4-11H,1-3H3,(H,22,25)(H,21,23,24). The molecule has 0 aliphatic heterocycles. The largest absolute Gasteiger partial charge is 0.493 e. The van der Waals surface area contributed by atoms with Crippen molar-refractivity contribution in [1.29, 1.82) is 0 Å². The van der Waals surface area contributed by atoms with Crippen LogP contribution in [0.4, 0.5) is 5.69 Å². The third-order valence-corrected chi connectivity index (χ3v) is 3.91. The average Bonchev–Trinajstić information content (AvgIpc) is 2.66. The number of nitrogens with one attached hydrogen (secondary N) is 2. The van der Waals surface area contributed by atoms with Gasteiger partial charge in [-0.05, 0) is 37.3 Å². The van der Waals surface area contributed by atoms with E-state index in [0.29, 0.717) is 39.8 Å². The molecule has 0 unspecified atom stereocenters. The van der Waals surface area contributed by atoms with E-state index in [4.69, 9.17) is 9.47 Å². The van der Waals surface area contributed by atoms with E-state index in [-0.39, 0.29) is 11.5 Å². The van der Waals surface area contributed by atoms with E-state index in [9.17, 15) is 9.59 Å². The van der Waals surface area contributed by atoms with Gasteiger partial charge in [0, 0.05) is 28.6 Å². The Morgan fingerprint density at radius 2 is 1.81 bits per heavy atom. The van der Waals surface area contributed by atoms with Gasteiger partial charge in [-0.3, -0.25) is 9.59 Å². The molecule has 0 aliphatic rings. The third kappa shape index (κ3) is 4.14. The van der Waals surface area contributed by atoms with Crippen molar-refractivity contribution in [2.24, 2.45) is 0 Å². The topological polar surface area (TPSA) is 93.3 Å². The molecule has 138 valence electrons. The molecule has 0 saturated heterocycles. The number of rotatable bonds is 5. The number of aromatic amines is 1. The van der Waals surface area contributed by atoms with Gasteiger partial charge in [0.1, 0.15) is 5.82 Å². The molecule has 27 heavy (non-hydrogen) atoms. The molecular formula is C20H19N3O4. The van der Waals surface area contributed by atoms with Gasteiger partial charge in [0.2, 0.25) is 0 Å². The molecule has 1 heterocycles. The molecule has 0 spiro atoms. The molecule has 0 aliphatic carbocycles. The Balaban J connectivity index is 1.86. The van der Waals surface area contributed by atoms with E-state index in [1.165, 1.54) is 20.3 Å². The number of ether oxygens (including phenoxy) is 2. The number of amides is 1. The van der Waals surface area contributed by atoms with E-state index in [1.54, 1.807) is 43.3 Å². The number of aromatic nitrogens is 2. The van der Waals surface area contributed by atoms with Crippen molar-refractivity contribution in [1.82, 2.24) is 9.97 Å². The summed E-state index contributed by atoms with van der Waals surface area (Å²) in [4.78, 5) is 31.2. The van der Waals surface area contributed by atoms with Crippen molar-refractivity contribution in [3.8, 4) is 22.9 Å². The molecule has 3 aromatic rings. The SMILES string of the molecule is COc1ccc(C(=O)Nc2cccc(-c3nc(C)cc(=O)[nH]3)c2)cc1OC. The van der Waals surface area contributed by atoms with Gasteiger partial charge < -0.3 is 19.8 Å². The number of aryl methyl sites for hydroxylation is 1. The molecule has 0 bridgehead atoms. The van der Waals surface area contributed by atoms with Crippen LogP contribution in [0.2, 0.25) is 0 Å². The Kier molecular flexibility index (Phi) is 5.21. The first-order chi connectivity index (χ1) is 13.0. The number of anilines is 1. The number of carbonyl (C=O) groups is 1. The highest BCUT2D eigenvalue weighted by Crippen LogP contribution is 2.28. The number of nitrogens with zero attached hydrogens (tertiary/aromatic N) is 1. The van der Waals surface area contributed by atoms with Gasteiger partial charge in [0.15, 0.2) is 11.5 Å². The Bertz CT molecular complexity index is 1040. The number of carbonyl (C=O) groups excluding carboxylic acids is 1. The number of hydrogen-bond donors (Lipinski definition) is 2. The smallest absolute Gasteiger partial charge is 0.255 e. The van der Waals surface area contributed by atoms with Crippen LogP contribution in [0.3, 0.4) is 0 Å². The van der Waals surface area contributed by atoms with Crippen molar-refractivity contribution in [3.05, 3.63) is 70.1 Å². The first-order valence-corrected chi connectivity index (χ1v) is 8.22. The van der Waals surface area contributed by atoms with Gasteiger partial charge in [-0.25, -0.2) is 4.98 Å². The monoisotopic (exact) mass is 365 g/mol. The van der Waals surface area contributed by atoms with Crippen LogP contribution in [0, 0.1) is 6.92 Å². The Morgan fingerprint density at radius 1 is 1.04 bits per heavy atom. The lowest BCUT2D eigenvalue weighted by Gasteiger charge is -2.11. The van der Waals surface area contributed by atoms with Crippen LogP contribution in [0.15, 0.2) is 53.3 Å². The third-order valence-electron chi connectivity index (χ3n) is 3.91. The van der Waals surface area contributed by atoms with Crippen molar-refractivity contribution in [3.63, 3.8) is 0 Å². The summed E-state index contributed by atoms with van der Waals surface area (Å²) in [6.07, 6.45) is 0. The summed E-state index contributed by atoms with van der Waals surface area (Å²) in [7, 11) is 3.05. The molecule has 1 amide bonds. The normalized spacial score (nSPS) is 10.3. The predicted molar refractivity (Wildman–Crippen MR) is 103 cm³/mol. The molecule has 1 aromatic heterocycles. The molecular weight excluding hydrogens is 346 g/mol. The van der Waals surface area contributed by atoms with Gasteiger partial charge in [-0.15, -0.1) is 0 Å². The van der Waals surface area contributed by atoms with Gasteiger partial charge in [0.05, 0.1) is 14.2 Å². The summed E-state index contributed by atoms with van der Waals surface area (Å²) in [5.74, 6) is 1.17. The summed E-state index contributed by atoms with van der Waals surface area (Å²) in [6.45, 7) is 1.75. The number of hydrogen-bond acceptors (Lipinski definition) is 5. The summed E-state index contributed by atoms with van der Waals surface area (Å²) >= 11 is 0. The van der Waals surface area contributed by atoms with Crippen LogP contribution in [-0.4, -0.2) is 30.1 Å². The highest BCUT2D eigenvalue weighted by molar-refractivity contribution is 6.04. The zero-order chi connectivity index (χ0) is 19.4. The quantitative estimate of drug-likeness (QED) is 0.725. The molecule has 7 heteroatoms. The average molecular weight is 365 g/mol. The van der Waals surface area contributed by atoms with Crippen LogP contribution in [0.25, 0.3) is 11.4 Å². The molecule has 0 radical (unpaired) electrons. The second-order valence-corrected chi connectivity index (χ2v) is 5.84. The molecule has 7 nitrogen and oxygen atoms in total. The van der Waals surface area contributed by atoms with E-state index >= 15 is 0 Å². The summed E-state index contributed by atoms with van der Waals surface area (Å²) in [5, 5.41) is 2.83. The van der Waals surface area contributed by atoms with E-state index in [2.05, 4.69) is 15.3 Å². The summed E-state index contributed by atoms with van der Waals surface area (Å²) in [6, 6.07) is 13.5. The fourth-order valence-corrected chi connectivity index (χ4v) is 2.64. The fraction of sp³-hybridized carbons (Fsp3) is 0.150. The highest BCUT2D eigenvalue weighted by Gasteiger charge is 2.12. The lowest BCUT2D eigenvalue weighted by molar-refractivity contribution is 0.102. The molecule has 0 fully saturated rings. The number of H-pyrrole nitrogens is 1. The maximum atomic E-state index is 12.6. The maximum absolute atomic E-state index is 12.6. The van der Waals surface area contributed by atoms with Crippen molar-refractivity contribution in [2.75, 3.05) is 19.5 Å². The van der Waals surface area contributed by atoms with Gasteiger partial charge in [0.25, 0.3) is 11.5 Å². The molecule has 2 N–H and O–H groups in total. The van der Waals surface area contributed by atoms with Crippen molar-refractivity contribution < 1.29 is 14.3 Å². The van der Waals surface area contributed by atoms with Gasteiger partial charge >= 0.3 is 0 Å². The fourth-order valence-electron chi connectivity index (χ4n) is 2.64. The van der Waals surface area contributed by atoms with Gasteiger partial charge in [-0.1, -0.05) is 12.1 Å². The van der Waals surface area contributed by atoms with Crippen LogP contribution in [0.1, 0.15) is 16.1 Å². The molecule has 2 aromatic carbocycles. The first-order valence-electron chi connectivity index (χ1n) is 8.22. The Labute approximate surface area is 156 Å². The molecule has 0 saturated carbocycles. The summed E-state index contributed by atoms with van der Waals surface area (Å²) in [5.41, 5.74) is 2.10. The van der Waals surface area contributed by atoms with Crippen LogP contribution in [0.5, 0.6) is 11.5 Å². The maximum Gasteiger partial charge on any atom is 0.255 e. The molecule has 3 rings (SSSR count).